The Morgan fingerprint density at radius 1 is 0.583 bits per heavy atom. The van der Waals surface area contributed by atoms with E-state index in [1.165, 1.54) is 0 Å². The van der Waals surface area contributed by atoms with Crippen LogP contribution < -0.4 is 33.2 Å². The van der Waals surface area contributed by atoms with Crippen LogP contribution in [0.15, 0.2) is 0 Å². The summed E-state index contributed by atoms with van der Waals surface area (Å²) >= 11 is 0. The molecule has 0 aromatic carbocycles. The van der Waals surface area contributed by atoms with E-state index in [0.717, 1.165) is 0 Å². The maximum atomic E-state index is 12.7. The third-order valence-electron chi connectivity index (χ3n) is 4.62. The molecule has 202 valence electrons. The molecule has 0 radical (unpaired) electrons. The Hall–Kier alpha value is -4.28. The van der Waals surface area contributed by atoms with Crippen molar-refractivity contribution in [3.8, 4) is 0 Å². The molecule has 0 saturated heterocycles. The molecule has 0 fully saturated rings. The summed E-state index contributed by atoms with van der Waals surface area (Å²) in [5.74, 6) is -9.32. The molecule has 4 atom stereocenters. The van der Waals surface area contributed by atoms with E-state index in [0.29, 0.717) is 0 Å². The lowest BCUT2D eigenvalue weighted by molar-refractivity contribution is -0.144. The molecule has 0 aliphatic heterocycles. The molecule has 0 heterocycles. The quantitative estimate of drug-likeness (QED) is 0.0832. The first kappa shape index (κ1) is 31.7. The summed E-state index contributed by atoms with van der Waals surface area (Å²) in [5, 5.41) is 33.2. The van der Waals surface area contributed by atoms with Gasteiger partial charge in [0.05, 0.1) is 12.5 Å². The minimum atomic E-state index is -1.82. The minimum Gasteiger partial charge on any atom is -0.481 e. The molecular weight excluding hydrogens is 488 g/mol. The van der Waals surface area contributed by atoms with E-state index in [1.54, 1.807) is 0 Å². The van der Waals surface area contributed by atoms with Gasteiger partial charge in [0.1, 0.15) is 18.1 Å². The normalized spacial score (nSPS) is 13.8. The van der Waals surface area contributed by atoms with Crippen molar-refractivity contribution in [1.82, 2.24) is 16.0 Å². The second-order valence-corrected chi connectivity index (χ2v) is 7.67. The van der Waals surface area contributed by atoms with Crippen molar-refractivity contribution >= 4 is 47.4 Å². The lowest BCUT2D eigenvalue weighted by atomic mass is 10.1. The van der Waals surface area contributed by atoms with Gasteiger partial charge in [-0.05, 0) is 19.3 Å². The van der Waals surface area contributed by atoms with E-state index in [2.05, 4.69) is 10.6 Å². The minimum absolute atomic E-state index is 0.281. The number of aliphatic carboxylic acids is 3. The van der Waals surface area contributed by atoms with Gasteiger partial charge in [0.25, 0.3) is 0 Å². The third kappa shape index (κ3) is 13.4. The summed E-state index contributed by atoms with van der Waals surface area (Å²) in [6.07, 6.45) is -3.32. The standard InChI is InChI=1S/C19H30N6O11/c20-8(1-6-14(28)29)16(32)23-9(2-4-12(21)26)17(33)25-11(7-15(30)31)18(34)24-10(19(35)36)3-5-13(22)27/h8-11H,1-7,20H2,(H2,21,26)(H2,22,27)(H,23,32)(H,24,34)(H,25,33)(H,28,29)(H,30,31)(H,35,36). The molecule has 17 nitrogen and oxygen atoms in total. The summed E-state index contributed by atoms with van der Waals surface area (Å²) in [6.45, 7) is 0. The lowest BCUT2D eigenvalue weighted by Crippen LogP contribution is -2.57. The molecule has 4 unspecified atom stereocenters. The van der Waals surface area contributed by atoms with Gasteiger partial charge in [0.2, 0.25) is 29.5 Å². The molecule has 12 N–H and O–H groups in total. The molecule has 17 heteroatoms. The average molecular weight is 518 g/mol. The first-order valence-electron chi connectivity index (χ1n) is 10.5. The number of hydrogen-bond acceptors (Lipinski definition) is 9. The zero-order chi connectivity index (χ0) is 28.0. The van der Waals surface area contributed by atoms with E-state index in [-0.39, 0.29) is 12.8 Å². The van der Waals surface area contributed by atoms with Crippen LogP contribution in [0.3, 0.4) is 0 Å². The van der Waals surface area contributed by atoms with Crippen molar-refractivity contribution in [2.75, 3.05) is 0 Å². The first-order valence-corrected chi connectivity index (χ1v) is 10.5. The van der Waals surface area contributed by atoms with Crippen molar-refractivity contribution in [3.63, 3.8) is 0 Å². The van der Waals surface area contributed by atoms with Crippen LogP contribution in [-0.4, -0.2) is 86.9 Å². The van der Waals surface area contributed by atoms with Crippen LogP contribution in [0.25, 0.3) is 0 Å². The Labute approximate surface area is 204 Å². The van der Waals surface area contributed by atoms with Crippen molar-refractivity contribution < 1.29 is 53.7 Å². The number of carbonyl (C=O) groups excluding carboxylic acids is 5. The molecular formula is C19H30N6O11. The van der Waals surface area contributed by atoms with Crippen LogP contribution >= 0.6 is 0 Å². The highest BCUT2D eigenvalue weighted by molar-refractivity contribution is 5.96. The highest BCUT2D eigenvalue weighted by Crippen LogP contribution is 2.05. The second-order valence-electron chi connectivity index (χ2n) is 7.67. The number of hydrogen-bond donors (Lipinski definition) is 9. The number of amides is 5. The summed E-state index contributed by atoms with van der Waals surface area (Å²) in [5.41, 5.74) is 15.6. The predicted molar refractivity (Wildman–Crippen MR) is 117 cm³/mol. The fraction of sp³-hybridized carbons (Fsp3) is 0.579. The van der Waals surface area contributed by atoms with Crippen molar-refractivity contribution in [2.45, 2.75) is 69.1 Å². The summed E-state index contributed by atoms with van der Waals surface area (Å²) in [4.78, 5) is 92.8. The van der Waals surface area contributed by atoms with Crippen LogP contribution in [-0.2, 0) is 38.4 Å². The van der Waals surface area contributed by atoms with E-state index in [9.17, 15) is 43.5 Å². The average Bonchev–Trinajstić information content (AvgIpc) is 2.75. The molecule has 36 heavy (non-hydrogen) atoms. The fourth-order valence-electron chi connectivity index (χ4n) is 2.72. The molecule has 5 amide bonds. The molecule has 0 aromatic rings. The highest BCUT2D eigenvalue weighted by Gasteiger charge is 2.32. The summed E-state index contributed by atoms with van der Waals surface area (Å²) in [7, 11) is 0. The van der Waals surface area contributed by atoms with E-state index < -0.39 is 104 Å². The maximum Gasteiger partial charge on any atom is 0.326 e. The molecule has 0 aliphatic rings. The van der Waals surface area contributed by atoms with Gasteiger partial charge in [0.15, 0.2) is 0 Å². The first-order chi connectivity index (χ1) is 16.6. The maximum absolute atomic E-state index is 12.7. The summed E-state index contributed by atoms with van der Waals surface area (Å²) in [6, 6.07) is -6.32. The molecule has 0 bridgehead atoms. The monoisotopic (exact) mass is 518 g/mol. The number of nitrogens with two attached hydrogens (primary N) is 3. The van der Waals surface area contributed by atoms with Crippen molar-refractivity contribution in [1.29, 1.82) is 0 Å². The second kappa shape index (κ2) is 15.6. The Bertz CT molecular complexity index is 878. The van der Waals surface area contributed by atoms with Crippen LogP contribution in [0.5, 0.6) is 0 Å². The Kier molecular flexibility index (Phi) is 13.7. The van der Waals surface area contributed by atoms with Gasteiger partial charge in [-0.1, -0.05) is 0 Å². The SMILES string of the molecule is NC(=O)CCC(NC(=O)C(CC(=O)O)NC(=O)C(CCC(N)=O)NC(=O)C(N)CCC(=O)O)C(=O)O. The Balaban J connectivity index is 5.58. The van der Waals surface area contributed by atoms with Crippen molar-refractivity contribution in [2.24, 2.45) is 17.2 Å². The lowest BCUT2D eigenvalue weighted by Gasteiger charge is -2.24. The zero-order valence-corrected chi connectivity index (χ0v) is 19.1. The van der Waals surface area contributed by atoms with Gasteiger partial charge in [-0.2, -0.15) is 0 Å². The number of nitrogens with one attached hydrogen (secondary N) is 3. The molecule has 0 aliphatic carbocycles. The topological polar surface area (TPSA) is 311 Å². The molecule has 0 spiro atoms. The Morgan fingerprint density at radius 2 is 1.03 bits per heavy atom. The van der Waals surface area contributed by atoms with E-state index in [4.69, 9.17) is 27.4 Å². The van der Waals surface area contributed by atoms with Gasteiger partial charge >= 0.3 is 17.9 Å². The fourth-order valence-corrected chi connectivity index (χ4v) is 2.72. The molecule has 0 rings (SSSR count). The van der Waals surface area contributed by atoms with Crippen molar-refractivity contribution in [3.05, 3.63) is 0 Å². The number of carboxylic acids is 3. The van der Waals surface area contributed by atoms with Gasteiger partial charge in [-0.15, -0.1) is 0 Å². The van der Waals surface area contributed by atoms with Crippen LogP contribution in [0, 0.1) is 0 Å². The van der Waals surface area contributed by atoms with E-state index in [1.807, 2.05) is 5.32 Å². The number of carbonyl (C=O) groups is 8. The third-order valence-corrected chi connectivity index (χ3v) is 4.62. The largest absolute Gasteiger partial charge is 0.481 e. The van der Waals surface area contributed by atoms with Crippen LogP contribution in [0.2, 0.25) is 0 Å². The number of rotatable bonds is 18. The molecule has 0 saturated carbocycles. The summed E-state index contributed by atoms with van der Waals surface area (Å²) < 4.78 is 0. The smallest absolute Gasteiger partial charge is 0.326 e. The van der Waals surface area contributed by atoms with Gasteiger partial charge < -0.3 is 48.5 Å². The highest BCUT2D eigenvalue weighted by atomic mass is 16.4. The predicted octanol–water partition coefficient (Wildman–Crippen LogP) is -4.28. The number of primary amides is 2. The number of carboxylic acid groups (broad SMARTS) is 3. The zero-order valence-electron chi connectivity index (χ0n) is 19.1. The Morgan fingerprint density at radius 3 is 1.47 bits per heavy atom. The molecule has 0 aromatic heterocycles. The van der Waals surface area contributed by atoms with Gasteiger partial charge in [0, 0.05) is 19.3 Å². The van der Waals surface area contributed by atoms with Crippen LogP contribution in [0.1, 0.15) is 44.9 Å². The van der Waals surface area contributed by atoms with Gasteiger partial charge in [-0.25, -0.2) is 4.79 Å². The van der Waals surface area contributed by atoms with Crippen LogP contribution in [0.4, 0.5) is 0 Å². The van der Waals surface area contributed by atoms with E-state index >= 15 is 0 Å². The van der Waals surface area contributed by atoms with Gasteiger partial charge in [-0.3, -0.25) is 33.6 Å².